The standard InChI is InChI=1S/C25H20ClFN8O/c26-20-4-6-22(34-15-29-31-32-34)24(25(20)27)18-3-5-21(35(36)14-18)23(11-16-1-2-16)33-13-19(12-30-33)17-7-9-28-10-8-17/h3-10,12-16,23H,1-2,11H2/t23-/m0/s1. The molecule has 1 aromatic carbocycles. The lowest BCUT2D eigenvalue weighted by Crippen LogP contribution is -2.35. The van der Waals surface area contributed by atoms with Crippen LogP contribution in [0.4, 0.5) is 4.39 Å². The summed E-state index contributed by atoms with van der Waals surface area (Å²) in [4.78, 5) is 4.07. The molecule has 1 atom stereocenters. The number of pyridine rings is 2. The van der Waals surface area contributed by atoms with E-state index in [-0.39, 0.29) is 16.6 Å². The van der Waals surface area contributed by atoms with Crippen molar-refractivity contribution in [3.8, 4) is 27.9 Å². The monoisotopic (exact) mass is 502 g/mol. The molecular formula is C25H20ClFN8O. The molecule has 11 heteroatoms. The second-order valence-electron chi connectivity index (χ2n) is 8.82. The second kappa shape index (κ2) is 9.12. The van der Waals surface area contributed by atoms with Gasteiger partial charge in [0.2, 0.25) is 5.69 Å². The van der Waals surface area contributed by atoms with E-state index in [2.05, 4.69) is 25.6 Å². The summed E-state index contributed by atoms with van der Waals surface area (Å²) in [5.41, 5.74) is 3.35. The topological polar surface area (TPSA) is 101 Å². The maximum atomic E-state index is 15.2. The molecule has 36 heavy (non-hydrogen) atoms. The summed E-state index contributed by atoms with van der Waals surface area (Å²) < 4.78 is 19.2. The average Bonchev–Trinajstić information content (AvgIpc) is 3.33. The number of aromatic nitrogens is 8. The first-order valence-electron chi connectivity index (χ1n) is 11.5. The summed E-state index contributed by atoms with van der Waals surface area (Å²) in [7, 11) is 0. The van der Waals surface area contributed by atoms with Gasteiger partial charge in [0.1, 0.15) is 12.4 Å². The third-order valence-electron chi connectivity index (χ3n) is 6.43. The molecule has 1 fully saturated rings. The third kappa shape index (κ3) is 4.20. The van der Waals surface area contributed by atoms with E-state index in [0.29, 0.717) is 22.9 Å². The van der Waals surface area contributed by atoms with Gasteiger partial charge in [-0.3, -0.25) is 9.67 Å². The molecule has 0 unspecified atom stereocenters. The second-order valence-corrected chi connectivity index (χ2v) is 9.23. The minimum Gasteiger partial charge on any atom is -0.618 e. The van der Waals surface area contributed by atoms with E-state index >= 15 is 4.39 Å². The molecule has 0 amide bonds. The molecule has 0 N–H and O–H groups in total. The van der Waals surface area contributed by atoms with Gasteiger partial charge in [0, 0.05) is 30.2 Å². The molecule has 0 aliphatic heterocycles. The van der Waals surface area contributed by atoms with Gasteiger partial charge in [-0.05, 0) is 58.7 Å². The number of rotatable bonds is 7. The number of nitrogens with zero attached hydrogens (tertiary/aromatic N) is 8. The van der Waals surface area contributed by atoms with Gasteiger partial charge in [0.25, 0.3) is 0 Å². The van der Waals surface area contributed by atoms with Gasteiger partial charge in [-0.25, -0.2) is 4.39 Å². The zero-order valence-corrected chi connectivity index (χ0v) is 19.7. The highest BCUT2D eigenvalue weighted by molar-refractivity contribution is 6.31. The number of hydrogen-bond acceptors (Lipinski definition) is 6. The van der Waals surface area contributed by atoms with E-state index in [9.17, 15) is 5.21 Å². The minimum absolute atomic E-state index is 0.0601. The van der Waals surface area contributed by atoms with Crippen molar-refractivity contribution in [1.29, 1.82) is 0 Å². The lowest BCUT2D eigenvalue weighted by Gasteiger charge is -2.18. The van der Waals surface area contributed by atoms with Crippen molar-refractivity contribution in [1.82, 2.24) is 35.0 Å². The van der Waals surface area contributed by atoms with Gasteiger partial charge in [-0.2, -0.15) is 14.5 Å². The van der Waals surface area contributed by atoms with Crippen LogP contribution in [-0.2, 0) is 0 Å². The maximum absolute atomic E-state index is 15.2. The predicted octanol–water partition coefficient (Wildman–Crippen LogP) is 4.40. The predicted molar refractivity (Wildman–Crippen MR) is 129 cm³/mol. The van der Waals surface area contributed by atoms with Crippen LogP contribution in [-0.4, -0.2) is 35.0 Å². The number of halogens is 2. The molecule has 1 aliphatic rings. The Morgan fingerprint density at radius 1 is 1.08 bits per heavy atom. The summed E-state index contributed by atoms with van der Waals surface area (Å²) in [5, 5.41) is 29.0. The molecule has 0 saturated heterocycles. The summed E-state index contributed by atoms with van der Waals surface area (Å²) >= 11 is 6.08. The van der Waals surface area contributed by atoms with Gasteiger partial charge in [0.05, 0.1) is 28.0 Å². The maximum Gasteiger partial charge on any atom is 0.217 e. The third-order valence-corrected chi connectivity index (χ3v) is 6.72. The lowest BCUT2D eigenvalue weighted by molar-refractivity contribution is -0.615. The van der Waals surface area contributed by atoms with Crippen molar-refractivity contribution in [2.24, 2.45) is 5.92 Å². The highest BCUT2D eigenvalue weighted by Gasteiger charge is 2.32. The first-order valence-corrected chi connectivity index (χ1v) is 11.9. The average molecular weight is 503 g/mol. The van der Waals surface area contributed by atoms with Crippen LogP contribution in [0.25, 0.3) is 27.9 Å². The van der Waals surface area contributed by atoms with E-state index in [4.69, 9.17) is 11.6 Å². The Hall–Kier alpha value is -4.18. The number of benzene rings is 1. The fraction of sp³-hybridized carbons (Fsp3) is 0.200. The van der Waals surface area contributed by atoms with Gasteiger partial charge in [-0.1, -0.05) is 24.4 Å². The first-order chi connectivity index (χ1) is 17.6. The zero-order valence-electron chi connectivity index (χ0n) is 18.9. The van der Waals surface area contributed by atoms with Crippen LogP contribution in [0.2, 0.25) is 5.02 Å². The Kier molecular flexibility index (Phi) is 5.65. The molecule has 0 spiro atoms. The summed E-state index contributed by atoms with van der Waals surface area (Å²) in [6, 6.07) is 10.1. The zero-order chi connectivity index (χ0) is 24.6. The summed E-state index contributed by atoms with van der Waals surface area (Å²) in [5.74, 6) is -0.110. The lowest BCUT2D eigenvalue weighted by atomic mass is 10.0. The number of hydrogen-bond donors (Lipinski definition) is 0. The Bertz CT molecular complexity index is 1520. The van der Waals surface area contributed by atoms with Gasteiger partial charge in [0.15, 0.2) is 12.0 Å². The molecule has 1 saturated carbocycles. The molecule has 6 rings (SSSR count). The van der Waals surface area contributed by atoms with Crippen LogP contribution < -0.4 is 4.73 Å². The molecule has 5 aromatic rings. The van der Waals surface area contributed by atoms with Crippen molar-refractivity contribution < 1.29 is 9.12 Å². The Balaban J connectivity index is 1.40. The molecule has 9 nitrogen and oxygen atoms in total. The van der Waals surface area contributed by atoms with E-state index in [1.54, 1.807) is 36.8 Å². The van der Waals surface area contributed by atoms with Crippen LogP contribution in [0.15, 0.2) is 73.7 Å². The van der Waals surface area contributed by atoms with Crippen molar-refractivity contribution in [3.05, 3.63) is 95.5 Å². The molecule has 4 aromatic heterocycles. The first kappa shape index (κ1) is 22.3. The van der Waals surface area contributed by atoms with E-state index in [0.717, 1.165) is 35.1 Å². The quantitative estimate of drug-likeness (QED) is 0.241. The number of tetrazole rings is 1. The molecular weight excluding hydrogens is 483 g/mol. The van der Waals surface area contributed by atoms with Crippen LogP contribution in [0.1, 0.15) is 31.0 Å². The van der Waals surface area contributed by atoms with E-state index in [1.165, 1.54) is 23.3 Å². The van der Waals surface area contributed by atoms with Crippen molar-refractivity contribution in [2.75, 3.05) is 0 Å². The highest BCUT2D eigenvalue weighted by Crippen LogP contribution is 2.39. The van der Waals surface area contributed by atoms with Crippen molar-refractivity contribution in [3.63, 3.8) is 0 Å². The Labute approximate surface area is 210 Å². The fourth-order valence-electron chi connectivity index (χ4n) is 4.41. The molecule has 4 heterocycles. The van der Waals surface area contributed by atoms with Crippen LogP contribution in [0, 0.1) is 16.9 Å². The van der Waals surface area contributed by atoms with E-state index in [1.807, 2.05) is 23.0 Å². The molecule has 1 aliphatic carbocycles. The summed E-state index contributed by atoms with van der Waals surface area (Å²) in [6.45, 7) is 0. The van der Waals surface area contributed by atoms with Gasteiger partial charge < -0.3 is 5.21 Å². The normalized spacial score (nSPS) is 14.2. The molecule has 0 radical (unpaired) electrons. The van der Waals surface area contributed by atoms with Crippen LogP contribution >= 0.6 is 11.6 Å². The van der Waals surface area contributed by atoms with Gasteiger partial charge in [-0.15, -0.1) is 5.10 Å². The summed E-state index contributed by atoms with van der Waals surface area (Å²) in [6.07, 6.45) is 13.0. The van der Waals surface area contributed by atoms with Gasteiger partial charge >= 0.3 is 0 Å². The largest absolute Gasteiger partial charge is 0.618 e. The van der Waals surface area contributed by atoms with Crippen molar-refractivity contribution in [2.45, 2.75) is 25.3 Å². The van der Waals surface area contributed by atoms with Crippen LogP contribution in [0.3, 0.4) is 0 Å². The highest BCUT2D eigenvalue weighted by atomic mass is 35.5. The van der Waals surface area contributed by atoms with Crippen LogP contribution in [0.5, 0.6) is 0 Å². The fourth-order valence-corrected chi connectivity index (χ4v) is 4.57. The Morgan fingerprint density at radius 3 is 2.64 bits per heavy atom. The SMILES string of the molecule is [O-][n+]1cc(-c2c(-n3cnnn3)ccc(Cl)c2F)ccc1[C@H](CC1CC1)n1cc(-c2ccncc2)cn1. The molecule has 0 bridgehead atoms. The van der Waals surface area contributed by atoms with E-state index < -0.39 is 5.82 Å². The smallest absolute Gasteiger partial charge is 0.217 e. The Morgan fingerprint density at radius 2 is 1.92 bits per heavy atom. The minimum atomic E-state index is -0.652. The van der Waals surface area contributed by atoms with Crippen molar-refractivity contribution >= 4 is 11.6 Å². The molecule has 180 valence electrons.